The van der Waals surface area contributed by atoms with E-state index in [1.807, 2.05) is 19.1 Å². The van der Waals surface area contributed by atoms with E-state index in [-0.39, 0.29) is 31.0 Å². The molecule has 1 aliphatic carbocycles. The molecule has 1 aliphatic rings. The first-order valence-corrected chi connectivity index (χ1v) is 11.3. The van der Waals surface area contributed by atoms with Gasteiger partial charge in [0, 0.05) is 22.6 Å². The van der Waals surface area contributed by atoms with Gasteiger partial charge in [0.15, 0.2) is 6.61 Å². The fourth-order valence-electron chi connectivity index (χ4n) is 3.74. The lowest BCUT2D eigenvalue weighted by atomic mass is 10.1. The van der Waals surface area contributed by atoms with Gasteiger partial charge in [-0.3, -0.25) is 9.59 Å². The van der Waals surface area contributed by atoms with Crippen LogP contribution in [-0.2, 0) is 16.1 Å². The van der Waals surface area contributed by atoms with Gasteiger partial charge in [0.25, 0.3) is 5.91 Å². The number of hydrogen-bond donors (Lipinski definition) is 1. The molecule has 5 nitrogen and oxygen atoms in total. The van der Waals surface area contributed by atoms with Crippen molar-refractivity contribution in [1.29, 1.82) is 0 Å². The van der Waals surface area contributed by atoms with Crippen molar-refractivity contribution in [2.24, 2.45) is 0 Å². The summed E-state index contributed by atoms with van der Waals surface area (Å²) in [5, 5.41) is 4.31. The highest BCUT2D eigenvalue weighted by molar-refractivity contribution is 6.31. The van der Waals surface area contributed by atoms with E-state index in [4.69, 9.17) is 27.9 Å². The van der Waals surface area contributed by atoms with E-state index in [1.54, 1.807) is 42.2 Å². The predicted molar refractivity (Wildman–Crippen MR) is 124 cm³/mol. The third-order valence-corrected chi connectivity index (χ3v) is 6.26. The van der Waals surface area contributed by atoms with Crippen LogP contribution < -0.4 is 10.1 Å². The quantitative estimate of drug-likeness (QED) is 0.589. The van der Waals surface area contributed by atoms with Gasteiger partial charge in [-0.1, -0.05) is 48.2 Å². The molecule has 1 N–H and O–H groups in total. The van der Waals surface area contributed by atoms with E-state index in [0.717, 1.165) is 36.8 Å². The highest BCUT2D eigenvalue weighted by Crippen LogP contribution is 2.22. The first-order chi connectivity index (χ1) is 14.8. The van der Waals surface area contributed by atoms with Crippen molar-refractivity contribution < 1.29 is 14.3 Å². The molecule has 0 spiro atoms. The Morgan fingerprint density at radius 3 is 2.58 bits per heavy atom. The summed E-state index contributed by atoms with van der Waals surface area (Å²) in [6.07, 6.45) is 4.22. The van der Waals surface area contributed by atoms with Gasteiger partial charge in [0.2, 0.25) is 5.91 Å². The lowest BCUT2D eigenvalue weighted by Crippen LogP contribution is -2.50. The average Bonchev–Trinajstić information content (AvgIpc) is 3.25. The van der Waals surface area contributed by atoms with Crippen LogP contribution in [0.1, 0.15) is 43.7 Å². The summed E-state index contributed by atoms with van der Waals surface area (Å²) < 4.78 is 5.70. The van der Waals surface area contributed by atoms with Gasteiger partial charge in [0.1, 0.15) is 11.8 Å². The number of rotatable bonds is 8. The van der Waals surface area contributed by atoms with Crippen LogP contribution in [0.5, 0.6) is 5.75 Å². The largest absolute Gasteiger partial charge is 0.484 e. The summed E-state index contributed by atoms with van der Waals surface area (Å²) in [6, 6.07) is 12.1. The van der Waals surface area contributed by atoms with E-state index in [1.165, 1.54) is 0 Å². The first-order valence-electron chi connectivity index (χ1n) is 10.6. The average molecular weight is 463 g/mol. The number of halogens is 2. The molecule has 1 saturated carbocycles. The van der Waals surface area contributed by atoms with Crippen LogP contribution in [-0.4, -0.2) is 35.4 Å². The minimum absolute atomic E-state index is 0.149. The second-order valence-corrected chi connectivity index (χ2v) is 8.86. The Morgan fingerprint density at radius 1 is 1.16 bits per heavy atom. The van der Waals surface area contributed by atoms with Crippen molar-refractivity contribution in [3.8, 4) is 5.75 Å². The number of ether oxygens (including phenoxy) is 1. The minimum Gasteiger partial charge on any atom is -0.484 e. The smallest absolute Gasteiger partial charge is 0.261 e. The highest BCUT2D eigenvalue weighted by Gasteiger charge is 2.28. The van der Waals surface area contributed by atoms with E-state index in [0.29, 0.717) is 15.8 Å². The van der Waals surface area contributed by atoms with Crippen molar-refractivity contribution >= 4 is 35.0 Å². The van der Waals surface area contributed by atoms with Gasteiger partial charge in [-0.05, 0) is 68.1 Å². The van der Waals surface area contributed by atoms with Crippen molar-refractivity contribution in [3.05, 3.63) is 63.6 Å². The van der Waals surface area contributed by atoms with Crippen LogP contribution in [0.15, 0.2) is 42.5 Å². The number of nitrogens with one attached hydrogen (secondary N) is 1. The lowest BCUT2D eigenvalue weighted by Gasteiger charge is -2.29. The number of aryl methyl sites for hydroxylation is 1. The summed E-state index contributed by atoms with van der Waals surface area (Å²) in [5.74, 6) is 0.132. The molecule has 0 bridgehead atoms. The molecule has 0 saturated heterocycles. The van der Waals surface area contributed by atoms with E-state index in [9.17, 15) is 9.59 Å². The Hall–Kier alpha value is -2.24. The van der Waals surface area contributed by atoms with Crippen LogP contribution in [0.25, 0.3) is 0 Å². The van der Waals surface area contributed by atoms with Crippen molar-refractivity contribution in [2.75, 3.05) is 6.61 Å². The Kier molecular flexibility index (Phi) is 8.22. The number of amides is 2. The molecular weight excluding hydrogens is 435 g/mol. The van der Waals surface area contributed by atoms with Crippen LogP contribution in [0.3, 0.4) is 0 Å². The van der Waals surface area contributed by atoms with E-state index < -0.39 is 6.04 Å². The molecule has 1 fully saturated rings. The predicted octanol–water partition coefficient (Wildman–Crippen LogP) is 5.16. The SMILES string of the molecule is Cc1cc(OCC(=O)N(Cc2cccc(Cl)c2)C(C)C(=O)NC2CCCC2)ccc1Cl. The Morgan fingerprint density at radius 2 is 1.90 bits per heavy atom. The highest BCUT2D eigenvalue weighted by atomic mass is 35.5. The maximum absolute atomic E-state index is 13.1. The number of benzene rings is 2. The maximum atomic E-state index is 13.1. The summed E-state index contributed by atoms with van der Waals surface area (Å²) in [6.45, 7) is 3.71. The molecular formula is C24H28Cl2N2O3. The number of carbonyl (C=O) groups excluding carboxylic acids is 2. The standard InChI is InChI=1S/C24H28Cl2N2O3/c1-16-12-21(10-11-22(16)26)31-15-23(29)28(14-18-6-5-7-19(25)13-18)17(2)24(30)27-20-8-3-4-9-20/h5-7,10-13,17,20H,3-4,8-9,14-15H2,1-2H3,(H,27,30). The molecule has 1 unspecified atom stereocenters. The molecule has 31 heavy (non-hydrogen) atoms. The third kappa shape index (κ3) is 6.62. The van der Waals surface area contributed by atoms with E-state index in [2.05, 4.69) is 5.32 Å². The molecule has 166 valence electrons. The van der Waals surface area contributed by atoms with Gasteiger partial charge in [-0.15, -0.1) is 0 Å². The van der Waals surface area contributed by atoms with Crippen LogP contribution in [0.2, 0.25) is 10.0 Å². The normalized spacial score (nSPS) is 14.8. The van der Waals surface area contributed by atoms with Crippen LogP contribution in [0, 0.1) is 6.92 Å². The number of hydrogen-bond acceptors (Lipinski definition) is 3. The topological polar surface area (TPSA) is 58.6 Å². The van der Waals surface area contributed by atoms with Crippen LogP contribution in [0.4, 0.5) is 0 Å². The molecule has 7 heteroatoms. The lowest BCUT2D eigenvalue weighted by molar-refractivity contribution is -0.142. The van der Waals surface area contributed by atoms with E-state index >= 15 is 0 Å². The number of carbonyl (C=O) groups is 2. The summed E-state index contributed by atoms with van der Waals surface area (Å²) in [4.78, 5) is 27.5. The second kappa shape index (κ2) is 10.9. The molecule has 2 aromatic rings. The van der Waals surface area contributed by atoms with Gasteiger partial charge in [-0.25, -0.2) is 0 Å². The van der Waals surface area contributed by atoms with Crippen molar-refractivity contribution in [2.45, 2.75) is 58.2 Å². The molecule has 0 aromatic heterocycles. The monoisotopic (exact) mass is 462 g/mol. The molecule has 2 amide bonds. The van der Waals surface area contributed by atoms with Gasteiger partial charge in [0.05, 0.1) is 0 Å². The summed E-state index contributed by atoms with van der Waals surface area (Å²) in [5.41, 5.74) is 1.72. The fourth-order valence-corrected chi connectivity index (χ4v) is 4.07. The molecule has 0 heterocycles. The fraction of sp³-hybridized carbons (Fsp3) is 0.417. The summed E-state index contributed by atoms with van der Waals surface area (Å²) >= 11 is 12.2. The van der Waals surface area contributed by atoms with Crippen molar-refractivity contribution in [3.63, 3.8) is 0 Å². The van der Waals surface area contributed by atoms with Gasteiger partial charge < -0.3 is 15.0 Å². The first kappa shape index (κ1) is 23.4. The minimum atomic E-state index is -0.636. The van der Waals surface area contributed by atoms with Crippen LogP contribution >= 0.6 is 23.2 Å². The molecule has 0 radical (unpaired) electrons. The molecule has 3 rings (SSSR count). The van der Waals surface area contributed by atoms with Gasteiger partial charge in [-0.2, -0.15) is 0 Å². The molecule has 1 atom stereocenters. The Balaban J connectivity index is 1.72. The second-order valence-electron chi connectivity index (χ2n) is 8.02. The third-order valence-electron chi connectivity index (χ3n) is 5.60. The zero-order valence-electron chi connectivity index (χ0n) is 17.9. The van der Waals surface area contributed by atoms with Crippen molar-refractivity contribution in [1.82, 2.24) is 10.2 Å². The molecule has 0 aliphatic heterocycles. The Bertz CT molecular complexity index is 929. The zero-order valence-corrected chi connectivity index (χ0v) is 19.4. The molecule has 2 aromatic carbocycles. The van der Waals surface area contributed by atoms with Gasteiger partial charge >= 0.3 is 0 Å². The summed E-state index contributed by atoms with van der Waals surface area (Å²) in [7, 11) is 0. The number of nitrogens with zero attached hydrogens (tertiary/aromatic N) is 1. The zero-order chi connectivity index (χ0) is 22.4. The maximum Gasteiger partial charge on any atom is 0.261 e. The Labute approximate surface area is 193 Å².